The van der Waals surface area contributed by atoms with Crippen molar-refractivity contribution < 1.29 is 19.2 Å². The van der Waals surface area contributed by atoms with Crippen LogP contribution in [-0.4, -0.2) is 25.1 Å². The third-order valence-corrected chi connectivity index (χ3v) is 2.12. The van der Waals surface area contributed by atoms with Gasteiger partial charge in [-0.2, -0.15) is 0 Å². The fourth-order valence-corrected chi connectivity index (χ4v) is 1.32. The largest absolute Gasteiger partial charge is 0.496 e. The first-order chi connectivity index (χ1) is 7.51. The molecule has 0 fully saturated rings. The summed E-state index contributed by atoms with van der Waals surface area (Å²) in [5, 5.41) is 10.8. The molecule has 6 nitrogen and oxygen atoms in total. The fourth-order valence-electron chi connectivity index (χ4n) is 1.32. The molecule has 0 amide bonds. The van der Waals surface area contributed by atoms with Crippen molar-refractivity contribution in [2.24, 2.45) is 0 Å². The Labute approximate surface area is 91.9 Å². The number of benzene rings is 1. The minimum absolute atomic E-state index is 0.116. The summed E-state index contributed by atoms with van der Waals surface area (Å²) in [4.78, 5) is 21.5. The summed E-state index contributed by atoms with van der Waals surface area (Å²) in [5.41, 5.74) is 0.182. The molecule has 16 heavy (non-hydrogen) atoms. The van der Waals surface area contributed by atoms with E-state index in [9.17, 15) is 14.9 Å². The minimum Gasteiger partial charge on any atom is -0.496 e. The summed E-state index contributed by atoms with van der Waals surface area (Å²) in [5.74, 6) is -0.351. The van der Waals surface area contributed by atoms with Gasteiger partial charge in [-0.15, -0.1) is 0 Å². The van der Waals surface area contributed by atoms with Gasteiger partial charge in [0.1, 0.15) is 11.3 Å². The molecule has 0 spiro atoms. The van der Waals surface area contributed by atoms with Gasteiger partial charge in [0, 0.05) is 12.1 Å². The first kappa shape index (κ1) is 12.0. The van der Waals surface area contributed by atoms with Crippen LogP contribution in [0.1, 0.15) is 15.9 Å². The van der Waals surface area contributed by atoms with E-state index in [1.165, 1.54) is 26.4 Å². The average molecular weight is 225 g/mol. The molecule has 86 valence electrons. The van der Waals surface area contributed by atoms with Gasteiger partial charge in [0.2, 0.25) is 0 Å². The van der Waals surface area contributed by atoms with Crippen LogP contribution in [0.5, 0.6) is 5.75 Å². The number of esters is 1. The van der Waals surface area contributed by atoms with Gasteiger partial charge in [0.05, 0.1) is 19.1 Å². The number of hydrogen-bond acceptors (Lipinski definition) is 5. The number of carbonyl (C=O) groups is 1. The molecule has 0 radical (unpaired) electrons. The third kappa shape index (κ3) is 2.10. The van der Waals surface area contributed by atoms with Crippen LogP contribution < -0.4 is 4.74 Å². The van der Waals surface area contributed by atoms with Crippen molar-refractivity contribution >= 4 is 11.7 Å². The van der Waals surface area contributed by atoms with E-state index >= 15 is 0 Å². The van der Waals surface area contributed by atoms with Crippen molar-refractivity contribution in [2.45, 2.75) is 6.92 Å². The predicted molar refractivity (Wildman–Crippen MR) is 55.7 cm³/mol. The number of hydrogen-bond donors (Lipinski definition) is 0. The Bertz CT molecular complexity index is 441. The SMILES string of the molecule is COC(=O)c1cc(OC)c(C)cc1[N+](=O)[O-]. The number of methoxy groups -OCH3 is 2. The molecular formula is C10H11NO5. The second-order valence-corrected chi connectivity index (χ2v) is 3.09. The molecular weight excluding hydrogens is 214 g/mol. The normalized spacial score (nSPS) is 9.69. The molecule has 0 heterocycles. The number of nitro groups is 1. The van der Waals surface area contributed by atoms with Crippen molar-refractivity contribution in [3.05, 3.63) is 33.4 Å². The van der Waals surface area contributed by atoms with Crippen LogP contribution in [0.3, 0.4) is 0 Å². The maximum Gasteiger partial charge on any atom is 0.345 e. The zero-order chi connectivity index (χ0) is 12.3. The Morgan fingerprint density at radius 2 is 2.00 bits per heavy atom. The molecule has 0 saturated carbocycles. The van der Waals surface area contributed by atoms with Gasteiger partial charge in [-0.1, -0.05) is 0 Å². The number of aryl methyl sites for hydroxylation is 1. The van der Waals surface area contributed by atoms with Crippen LogP contribution in [0, 0.1) is 17.0 Å². The molecule has 0 aliphatic heterocycles. The Kier molecular flexibility index (Phi) is 3.44. The zero-order valence-electron chi connectivity index (χ0n) is 9.14. The predicted octanol–water partition coefficient (Wildman–Crippen LogP) is 1.70. The molecule has 1 rings (SSSR count). The Balaban J connectivity index is 3.42. The summed E-state index contributed by atoms with van der Waals surface area (Å²) < 4.78 is 9.45. The molecule has 0 aromatic heterocycles. The maximum absolute atomic E-state index is 11.3. The number of rotatable bonds is 3. The molecule has 0 atom stereocenters. The monoisotopic (exact) mass is 225 g/mol. The van der Waals surface area contributed by atoms with Gasteiger partial charge in [-0.3, -0.25) is 10.1 Å². The van der Waals surface area contributed by atoms with Crippen LogP contribution >= 0.6 is 0 Å². The van der Waals surface area contributed by atoms with E-state index in [1.807, 2.05) is 0 Å². The van der Waals surface area contributed by atoms with E-state index in [0.717, 1.165) is 0 Å². The summed E-state index contributed by atoms with van der Waals surface area (Å²) >= 11 is 0. The van der Waals surface area contributed by atoms with E-state index in [2.05, 4.69) is 4.74 Å². The minimum atomic E-state index is -0.759. The van der Waals surface area contributed by atoms with Gasteiger partial charge in [-0.05, 0) is 12.5 Å². The first-order valence-corrected chi connectivity index (χ1v) is 4.42. The second-order valence-electron chi connectivity index (χ2n) is 3.09. The van der Waals surface area contributed by atoms with E-state index in [-0.39, 0.29) is 11.3 Å². The molecule has 1 aromatic carbocycles. The highest BCUT2D eigenvalue weighted by atomic mass is 16.6. The maximum atomic E-state index is 11.3. The summed E-state index contributed by atoms with van der Waals surface area (Å²) in [6.07, 6.45) is 0. The van der Waals surface area contributed by atoms with E-state index in [1.54, 1.807) is 6.92 Å². The topological polar surface area (TPSA) is 78.7 Å². The molecule has 1 aromatic rings. The number of nitro benzene ring substituents is 1. The zero-order valence-corrected chi connectivity index (χ0v) is 9.14. The summed E-state index contributed by atoms with van der Waals surface area (Å²) in [6, 6.07) is 2.59. The van der Waals surface area contributed by atoms with Crippen LogP contribution in [0.25, 0.3) is 0 Å². The number of nitrogens with zero attached hydrogens (tertiary/aromatic N) is 1. The molecule has 0 unspecified atom stereocenters. The van der Waals surface area contributed by atoms with E-state index < -0.39 is 10.9 Å². The van der Waals surface area contributed by atoms with E-state index in [4.69, 9.17) is 4.74 Å². The molecule has 0 aliphatic rings. The lowest BCUT2D eigenvalue weighted by molar-refractivity contribution is -0.385. The highest BCUT2D eigenvalue weighted by Crippen LogP contribution is 2.28. The van der Waals surface area contributed by atoms with Crippen molar-refractivity contribution in [2.75, 3.05) is 14.2 Å². The molecule has 0 N–H and O–H groups in total. The highest BCUT2D eigenvalue weighted by molar-refractivity contribution is 5.94. The molecule has 0 saturated heterocycles. The Morgan fingerprint density at radius 3 is 2.44 bits per heavy atom. The van der Waals surface area contributed by atoms with E-state index in [0.29, 0.717) is 11.3 Å². The van der Waals surface area contributed by atoms with Gasteiger partial charge >= 0.3 is 5.97 Å². The first-order valence-electron chi connectivity index (χ1n) is 4.42. The molecule has 6 heteroatoms. The van der Waals surface area contributed by atoms with Crippen LogP contribution in [0.15, 0.2) is 12.1 Å². The standard InChI is InChI=1S/C10H11NO5/c1-6-4-8(11(13)14)7(10(12)16-3)5-9(6)15-2/h4-5H,1-3H3. The van der Waals surface area contributed by atoms with Gasteiger partial charge in [0.25, 0.3) is 5.69 Å². The van der Waals surface area contributed by atoms with Gasteiger partial charge in [0.15, 0.2) is 0 Å². The third-order valence-electron chi connectivity index (χ3n) is 2.12. The van der Waals surface area contributed by atoms with Crippen molar-refractivity contribution in [1.29, 1.82) is 0 Å². The van der Waals surface area contributed by atoms with Crippen LogP contribution in [0.2, 0.25) is 0 Å². The van der Waals surface area contributed by atoms with Crippen LogP contribution in [0.4, 0.5) is 5.69 Å². The smallest absolute Gasteiger partial charge is 0.345 e. The molecule has 0 bridgehead atoms. The lowest BCUT2D eigenvalue weighted by Crippen LogP contribution is -2.06. The summed E-state index contributed by atoms with van der Waals surface area (Å²) in [6.45, 7) is 1.66. The van der Waals surface area contributed by atoms with Crippen molar-refractivity contribution in [1.82, 2.24) is 0 Å². The van der Waals surface area contributed by atoms with Crippen molar-refractivity contribution in [3.8, 4) is 5.75 Å². The quantitative estimate of drug-likeness (QED) is 0.444. The molecule has 0 aliphatic carbocycles. The number of carbonyl (C=O) groups excluding carboxylic acids is 1. The number of ether oxygens (including phenoxy) is 2. The van der Waals surface area contributed by atoms with Crippen LogP contribution in [-0.2, 0) is 4.74 Å². The Hall–Kier alpha value is -2.11. The fraction of sp³-hybridized carbons (Fsp3) is 0.300. The highest BCUT2D eigenvalue weighted by Gasteiger charge is 2.23. The lowest BCUT2D eigenvalue weighted by atomic mass is 10.1. The summed E-state index contributed by atoms with van der Waals surface area (Å²) in [7, 11) is 2.59. The Morgan fingerprint density at radius 1 is 1.38 bits per heavy atom. The van der Waals surface area contributed by atoms with Gasteiger partial charge < -0.3 is 9.47 Å². The second kappa shape index (κ2) is 4.61. The van der Waals surface area contributed by atoms with Crippen molar-refractivity contribution in [3.63, 3.8) is 0 Å². The van der Waals surface area contributed by atoms with Gasteiger partial charge in [-0.25, -0.2) is 4.79 Å². The lowest BCUT2D eigenvalue weighted by Gasteiger charge is -2.07. The average Bonchev–Trinajstić information content (AvgIpc) is 2.27.